The first-order valence-corrected chi connectivity index (χ1v) is 7.11. The van der Waals surface area contributed by atoms with Crippen LogP contribution in [0.25, 0.3) is 0 Å². The first-order chi connectivity index (χ1) is 7.76. The maximum Gasteiger partial charge on any atom is 0.0594 e. The second kappa shape index (κ2) is 8.08. The fraction of sp³-hybridized carbons (Fsp3) is 1.00. The minimum Gasteiger partial charge on any atom is -0.377 e. The van der Waals surface area contributed by atoms with Gasteiger partial charge in [-0.2, -0.15) is 0 Å². The summed E-state index contributed by atoms with van der Waals surface area (Å²) in [5.74, 6) is 0.918. The Labute approximate surface area is 101 Å². The van der Waals surface area contributed by atoms with Crippen molar-refractivity contribution in [1.82, 2.24) is 5.32 Å². The summed E-state index contributed by atoms with van der Waals surface area (Å²) in [6.45, 7) is 8.63. The number of hydrogen-bond donors (Lipinski definition) is 1. The molecule has 0 bridgehead atoms. The fourth-order valence-corrected chi connectivity index (χ4v) is 2.44. The van der Waals surface area contributed by atoms with Gasteiger partial charge in [-0.1, -0.05) is 33.1 Å². The summed E-state index contributed by atoms with van der Waals surface area (Å²) in [6, 6.07) is 0.623. The van der Waals surface area contributed by atoms with Crippen molar-refractivity contribution in [2.45, 2.75) is 71.4 Å². The Balaban J connectivity index is 2.04. The van der Waals surface area contributed by atoms with Gasteiger partial charge >= 0.3 is 0 Å². The van der Waals surface area contributed by atoms with E-state index in [4.69, 9.17) is 4.74 Å². The third-order valence-electron chi connectivity index (χ3n) is 3.87. The maximum absolute atomic E-state index is 5.95. The molecule has 0 aromatic heterocycles. The summed E-state index contributed by atoms with van der Waals surface area (Å²) in [5.41, 5.74) is 0. The normalized spacial score (nSPS) is 27.9. The van der Waals surface area contributed by atoms with Crippen LogP contribution in [0.2, 0.25) is 0 Å². The zero-order chi connectivity index (χ0) is 11.8. The Morgan fingerprint density at radius 3 is 2.81 bits per heavy atom. The molecule has 1 aliphatic carbocycles. The maximum atomic E-state index is 5.95. The highest BCUT2D eigenvalue weighted by molar-refractivity contribution is 4.72. The van der Waals surface area contributed by atoms with E-state index < -0.39 is 0 Å². The molecule has 1 fully saturated rings. The summed E-state index contributed by atoms with van der Waals surface area (Å²) < 4.78 is 5.95. The van der Waals surface area contributed by atoms with E-state index in [1.165, 1.54) is 38.5 Å². The molecule has 2 heteroatoms. The first kappa shape index (κ1) is 14.0. The van der Waals surface area contributed by atoms with Crippen LogP contribution in [0.3, 0.4) is 0 Å². The summed E-state index contributed by atoms with van der Waals surface area (Å²) in [7, 11) is 0. The Morgan fingerprint density at radius 2 is 2.12 bits per heavy atom. The Hall–Kier alpha value is -0.0800. The number of nitrogens with one attached hydrogen (secondary N) is 1. The fourth-order valence-electron chi connectivity index (χ4n) is 2.44. The number of ether oxygens (including phenoxy) is 1. The molecular weight excluding hydrogens is 198 g/mol. The smallest absolute Gasteiger partial charge is 0.0594 e. The van der Waals surface area contributed by atoms with Crippen LogP contribution < -0.4 is 5.32 Å². The van der Waals surface area contributed by atoms with Crippen molar-refractivity contribution < 1.29 is 4.74 Å². The standard InChI is InChI=1S/C14H29NO/c1-4-12(3)15-9-10-16-14-8-6-7-13(5-2)11-14/h12-15H,4-11H2,1-3H3. The van der Waals surface area contributed by atoms with Gasteiger partial charge in [-0.15, -0.1) is 0 Å². The van der Waals surface area contributed by atoms with Crippen molar-refractivity contribution >= 4 is 0 Å². The van der Waals surface area contributed by atoms with Gasteiger partial charge in [-0.05, 0) is 32.1 Å². The van der Waals surface area contributed by atoms with Crippen LogP contribution in [0.5, 0.6) is 0 Å². The van der Waals surface area contributed by atoms with Gasteiger partial charge in [0, 0.05) is 12.6 Å². The molecule has 0 aromatic rings. The van der Waals surface area contributed by atoms with E-state index in [2.05, 4.69) is 26.1 Å². The molecule has 0 amide bonds. The third-order valence-corrected chi connectivity index (χ3v) is 3.87. The first-order valence-electron chi connectivity index (χ1n) is 7.11. The highest BCUT2D eigenvalue weighted by Crippen LogP contribution is 2.28. The van der Waals surface area contributed by atoms with Gasteiger partial charge in [0.1, 0.15) is 0 Å². The molecule has 0 spiro atoms. The minimum atomic E-state index is 0.539. The van der Waals surface area contributed by atoms with E-state index in [1.807, 2.05) is 0 Å². The van der Waals surface area contributed by atoms with E-state index in [1.54, 1.807) is 0 Å². The van der Waals surface area contributed by atoms with Crippen LogP contribution in [0, 0.1) is 5.92 Å². The van der Waals surface area contributed by atoms with Crippen molar-refractivity contribution in [3.63, 3.8) is 0 Å². The lowest BCUT2D eigenvalue weighted by Gasteiger charge is -2.28. The van der Waals surface area contributed by atoms with Gasteiger partial charge in [-0.3, -0.25) is 0 Å². The summed E-state index contributed by atoms with van der Waals surface area (Å²) in [4.78, 5) is 0. The summed E-state index contributed by atoms with van der Waals surface area (Å²) >= 11 is 0. The summed E-state index contributed by atoms with van der Waals surface area (Å²) in [5, 5.41) is 3.47. The number of hydrogen-bond acceptors (Lipinski definition) is 2. The third kappa shape index (κ3) is 5.31. The van der Waals surface area contributed by atoms with E-state index >= 15 is 0 Å². The van der Waals surface area contributed by atoms with Crippen LogP contribution in [0.15, 0.2) is 0 Å². The molecule has 0 aliphatic heterocycles. The highest BCUT2D eigenvalue weighted by Gasteiger charge is 2.20. The minimum absolute atomic E-state index is 0.539. The molecule has 0 saturated heterocycles. The quantitative estimate of drug-likeness (QED) is 0.673. The molecule has 2 nitrogen and oxygen atoms in total. The van der Waals surface area contributed by atoms with Gasteiger partial charge in [0.05, 0.1) is 12.7 Å². The monoisotopic (exact) mass is 227 g/mol. The molecule has 0 radical (unpaired) electrons. The van der Waals surface area contributed by atoms with Crippen LogP contribution >= 0.6 is 0 Å². The predicted molar refractivity (Wildman–Crippen MR) is 69.7 cm³/mol. The lowest BCUT2D eigenvalue weighted by molar-refractivity contribution is 0.0136. The zero-order valence-corrected chi connectivity index (χ0v) is 11.3. The highest BCUT2D eigenvalue weighted by atomic mass is 16.5. The molecule has 1 rings (SSSR count). The lowest BCUT2D eigenvalue weighted by Crippen LogP contribution is -2.31. The molecule has 0 heterocycles. The second-order valence-electron chi connectivity index (χ2n) is 5.20. The molecule has 3 unspecified atom stereocenters. The second-order valence-corrected chi connectivity index (χ2v) is 5.20. The molecule has 1 saturated carbocycles. The average molecular weight is 227 g/mol. The van der Waals surface area contributed by atoms with Crippen LogP contribution in [-0.4, -0.2) is 25.3 Å². The van der Waals surface area contributed by atoms with Gasteiger partial charge in [0.2, 0.25) is 0 Å². The van der Waals surface area contributed by atoms with Gasteiger partial charge in [0.25, 0.3) is 0 Å². The SMILES string of the molecule is CCC1CCCC(OCCNC(C)CC)C1. The molecule has 0 aromatic carbocycles. The van der Waals surface area contributed by atoms with Crippen molar-refractivity contribution in [3.8, 4) is 0 Å². The molecule has 3 atom stereocenters. The van der Waals surface area contributed by atoms with Crippen molar-refractivity contribution in [1.29, 1.82) is 0 Å². The van der Waals surface area contributed by atoms with Crippen molar-refractivity contribution in [2.75, 3.05) is 13.2 Å². The van der Waals surface area contributed by atoms with Gasteiger partial charge in [-0.25, -0.2) is 0 Å². The van der Waals surface area contributed by atoms with Gasteiger partial charge in [0.15, 0.2) is 0 Å². The largest absolute Gasteiger partial charge is 0.377 e. The topological polar surface area (TPSA) is 21.3 Å². The van der Waals surface area contributed by atoms with Crippen LogP contribution in [0.4, 0.5) is 0 Å². The average Bonchev–Trinajstić information content (AvgIpc) is 2.34. The van der Waals surface area contributed by atoms with Crippen molar-refractivity contribution in [3.05, 3.63) is 0 Å². The summed E-state index contributed by atoms with van der Waals surface area (Å²) in [6.07, 6.45) is 8.41. The zero-order valence-electron chi connectivity index (χ0n) is 11.3. The van der Waals surface area contributed by atoms with E-state index in [-0.39, 0.29) is 0 Å². The predicted octanol–water partition coefficient (Wildman–Crippen LogP) is 3.36. The lowest BCUT2D eigenvalue weighted by atomic mass is 9.85. The molecule has 16 heavy (non-hydrogen) atoms. The Morgan fingerprint density at radius 1 is 1.31 bits per heavy atom. The van der Waals surface area contributed by atoms with Crippen LogP contribution in [-0.2, 0) is 4.74 Å². The van der Waals surface area contributed by atoms with E-state index in [0.29, 0.717) is 12.1 Å². The molecular formula is C14H29NO. The number of rotatable bonds is 7. The van der Waals surface area contributed by atoms with Crippen molar-refractivity contribution in [2.24, 2.45) is 5.92 Å². The molecule has 1 aliphatic rings. The Kier molecular flexibility index (Phi) is 7.06. The molecule has 96 valence electrons. The van der Waals surface area contributed by atoms with E-state index in [9.17, 15) is 0 Å². The van der Waals surface area contributed by atoms with Gasteiger partial charge < -0.3 is 10.1 Å². The van der Waals surface area contributed by atoms with Crippen LogP contribution in [0.1, 0.15) is 59.3 Å². The van der Waals surface area contributed by atoms with E-state index in [0.717, 1.165) is 19.1 Å². The Bertz CT molecular complexity index is 172. The molecule has 1 N–H and O–H groups in total.